The Hall–Kier alpha value is -1.00. The van der Waals surface area contributed by atoms with E-state index in [0.29, 0.717) is 12.6 Å². The lowest BCUT2D eigenvalue weighted by molar-refractivity contribution is 0.552. The summed E-state index contributed by atoms with van der Waals surface area (Å²) in [6.07, 6.45) is 0.918. The van der Waals surface area contributed by atoms with Crippen molar-refractivity contribution in [2.24, 2.45) is 5.73 Å². The fourth-order valence-electron chi connectivity index (χ4n) is 1.39. The SMILES string of the molecule is CCc1nnc(C)cc1CN[C@H](C)CN. The minimum Gasteiger partial charge on any atom is -0.329 e. The molecule has 0 aromatic carbocycles. The molecule has 84 valence electrons. The average molecular weight is 208 g/mol. The number of nitrogens with two attached hydrogens (primary N) is 1. The van der Waals surface area contributed by atoms with Crippen LogP contribution in [0, 0.1) is 6.92 Å². The number of nitrogens with zero attached hydrogens (tertiary/aromatic N) is 2. The van der Waals surface area contributed by atoms with Gasteiger partial charge in [-0.3, -0.25) is 0 Å². The normalized spacial score (nSPS) is 12.8. The predicted octanol–water partition coefficient (Wildman–Crippen LogP) is 0.784. The van der Waals surface area contributed by atoms with Gasteiger partial charge in [0.15, 0.2) is 0 Å². The molecule has 4 heteroatoms. The second kappa shape index (κ2) is 5.78. The van der Waals surface area contributed by atoms with Gasteiger partial charge in [-0.15, -0.1) is 0 Å². The molecule has 0 aliphatic rings. The first-order valence-corrected chi connectivity index (χ1v) is 5.42. The molecule has 0 aliphatic carbocycles. The van der Waals surface area contributed by atoms with Gasteiger partial charge in [-0.05, 0) is 31.9 Å². The van der Waals surface area contributed by atoms with Crippen molar-refractivity contribution in [3.63, 3.8) is 0 Å². The summed E-state index contributed by atoms with van der Waals surface area (Å²) in [5, 5.41) is 11.6. The average Bonchev–Trinajstić information content (AvgIpc) is 2.26. The fraction of sp³-hybridized carbons (Fsp3) is 0.636. The topological polar surface area (TPSA) is 63.8 Å². The molecule has 0 radical (unpaired) electrons. The maximum Gasteiger partial charge on any atom is 0.0673 e. The smallest absolute Gasteiger partial charge is 0.0673 e. The minimum atomic E-state index is 0.336. The molecule has 0 bridgehead atoms. The summed E-state index contributed by atoms with van der Waals surface area (Å²) in [4.78, 5) is 0. The van der Waals surface area contributed by atoms with Crippen molar-refractivity contribution in [1.82, 2.24) is 15.5 Å². The van der Waals surface area contributed by atoms with Crippen molar-refractivity contribution in [2.45, 2.75) is 39.8 Å². The van der Waals surface area contributed by atoms with Gasteiger partial charge in [0, 0.05) is 19.1 Å². The van der Waals surface area contributed by atoms with Crippen molar-refractivity contribution >= 4 is 0 Å². The van der Waals surface area contributed by atoms with Crippen LogP contribution in [0.5, 0.6) is 0 Å². The van der Waals surface area contributed by atoms with Gasteiger partial charge in [0.05, 0.1) is 11.4 Å². The molecule has 0 unspecified atom stereocenters. The van der Waals surface area contributed by atoms with Gasteiger partial charge in [-0.1, -0.05) is 6.92 Å². The van der Waals surface area contributed by atoms with Gasteiger partial charge < -0.3 is 11.1 Å². The van der Waals surface area contributed by atoms with Crippen LogP contribution in [0.15, 0.2) is 6.07 Å². The molecule has 15 heavy (non-hydrogen) atoms. The van der Waals surface area contributed by atoms with Gasteiger partial charge in [0.2, 0.25) is 0 Å². The van der Waals surface area contributed by atoms with Gasteiger partial charge in [-0.25, -0.2) is 0 Å². The lowest BCUT2D eigenvalue weighted by Crippen LogP contribution is -2.33. The summed E-state index contributed by atoms with van der Waals surface area (Å²) in [6, 6.07) is 2.42. The van der Waals surface area contributed by atoms with Crippen LogP contribution in [0.1, 0.15) is 30.8 Å². The molecule has 0 fully saturated rings. The molecule has 0 saturated heterocycles. The van der Waals surface area contributed by atoms with E-state index in [1.807, 2.05) is 6.92 Å². The maximum absolute atomic E-state index is 5.55. The van der Waals surface area contributed by atoms with Gasteiger partial charge >= 0.3 is 0 Å². The van der Waals surface area contributed by atoms with Crippen LogP contribution < -0.4 is 11.1 Å². The molecule has 4 nitrogen and oxygen atoms in total. The van der Waals surface area contributed by atoms with Crippen LogP contribution in [0.2, 0.25) is 0 Å². The zero-order valence-corrected chi connectivity index (χ0v) is 9.75. The first-order chi connectivity index (χ1) is 7.17. The largest absolute Gasteiger partial charge is 0.329 e. The second-order valence-corrected chi connectivity index (χ2v) is 3.83. The van der Waals surface area contributed by atoms with Gasteiger partial charge in [0.25, 0.3) is 0 Å². The molecule has 0 amide bonds. The summed E-state index contributed by atoms with van der Waals surface area (Å²) in [6.45, 7) is 7.60. The minimum absolute atomic E-state index is 0.336. The van der Waals surface area contributed by atoms with E-state index in [2.05, 4.69) is 35.4 Å². The summed E-state index contributed by atoms with van der Waals surface area (Å²) in [5.74, 6) is 0. The van der Waals surface area contributed by atoms with Crippen molar-refractivity contribution in [3.05, 3.63) is 23.0 Å². The molecule has 1 heterocycles. The zero-order chi connectivity index (χ0) is 11.3. The predicted molar refractivity (Wildman–Crippen MR) is 61.5 cm³/mol. The Bertz CT molecular complexity index is 311. The van der Waals surface area contributed by atoms with Crippen LogP contribution in [-0.2, 0) is 13.0 Å². The summed E-state index contributed by atoms with van der Waals surface area (Å²) >= 11 is 0. The molecule has 0 spiro atoms. The summed E-state index contributed by atoms with van der Waals surface area (Å²) in [5.41, 5.74) is 8.80. The number of hydrogen-bond donors (Lipinski definition) is 2. The molecular weight excluding hydrogens is 188 g/mol. The third-order valence-electron chi connectivity index (χ3n) is 2.41. The Kier molecular flexibility index (Phi) is 4.65. The van der Waals surface area contributed by atoms with Crippen molar-refractivity contribution in [2.75, 3.05) is 6.54 Å². The number of nitrogens with one attached hydrogen (secondary N) is 1. The van der Waals surface area contributed by atoms with Crippen molar-refractivity contribution < 1.29 is 0 Å². The highest BCUT2D eigenvalue weighted by Gasteiger charge is 2.05. The molecule has 1 atom stereocenters. The monoisotopic (exact) mass is 208 g/mol. The first-order valence-electron chi connectivity index (χ1n) is 5.42. The highest BCUT2D eigenvalue weighted by molar-refractivity contribution is 5.20. The van der Waals surface area contributed by atoms with E-state index in [1.165, 1.54) is 5.56 Å². The van der Waals surface area contributed by atoms with Gasteiger partial charge in [-0.2, -0.15) is 10.2 Å². The lowest BCUT2D eigenvalue weighted by Gasteiger charge is -2.13. The Balaban J connectivity index is 2.69. The highest BCUT2D eigenvalue weighted by atomic mass is 15.1. The third kappa shape index (κ3) is 3.57. The summed E-state index contributed by atoms with van der Waals surface area (Å²) < 4.78 is 0. The molecule has 1 aromatic heterocycles. The third-order valence-corrected chi connectivity index (χ3v) is 2.41. The van der Waals surface area contributed by atoms with E-state index in [1.54, 1.807) is 0 Å². The molecule has 1 aromatic rings. The molecule has 0 saturated carbocycles. The molecule has 0 aliphatic heterocycles. The van der Waals surface area contributed by atoms with Crippen LogP contribution in [0.4, 0.5) is 0 Å². The van der Waals surface area contributed by atoms with E-state index in [4.69, 9.17) is 5.73 Å². The van der Waals surface area contributed by atoms with Crippen LogP contribution in [-0.4, -0.2) is 22.8 Å². The Morgan fingerprint density at radius 3 is 2.80 bits per heavy atom. The number of rotatable bonds is 5. The van der Waals surface area contributed by atoms with E-state index in [0.717, 1.165) is 24.4 Å². The quantitative estimate of drug-likeness (QED) is 0.750. The number of aryl methyl sites for hydroxylation is 2. The fourth-order valence-corrected chi connectivity index (χ4v) is 1.39. The number of aromatic nitrogens is 2. The number of hydrogen-bond acceptors (Lipinski definition) is 4. The van der Waals surface area contributed by atoms with Gasteiger partial charge in [0.1, 0.15) is 0 Å². The zero-order valence-electron chi connectivity index (χ0n) is 9.75. The molecule has 3 N–H and O–H groups in total. The van der Waals surface area contributed by atoms with Crippen LogP contribution in [0.25, 0.3) is 0 Å². The first kappa shape index (κ1) is 12.1. The van der Waals surface area contributed by atoms with E-state index >= 15 is 0 Å². The standard InChI is InChI=1S/C11H20N4/c1-4-11-10(5-8(2)14-15-11)7-13-9(3)6-12/h5,9,13H,4,6-7,12H2,1-3H3/t9-/m1/s1. The van der Waals surface area contributed by atoms with Crippen molar-refractivity contribution in [3.8, 4) is 0 Å². The van der Waals surface area contributed by atoms with E-state index in [9.17, 15) is 0 Å². The summed E-state index contributed by atoms with van der Waals surface area (Å²) in [7, 11) is 0. The second-order valence-electron chi connectivity index (χ2n) is 3.83. The van der Waals surface area contributed by atoms with Crippen molar-refractivity contribution in [1.29, 1.82) is 0 Å². The highest BCUT2D eigenvalue weighted by Crippen LogP contribution is 2.07. The maximum atomic E-state index is 5.55. The Labute approximate surface area is 91.3 Å². The van der Waals surface area contributed by atoms with Crippen LogP contribution in [0.3, 0.4) is 0 Å². The van der Waals surface area contributed by atoms with E-state index < -0.39 is 0 Å². The molecule has 1 rings (SSSR count). The Morgan fingerprint density at radius 2 is 2.20 bits per heavy atom. The van der Waals surface area contributed by atoms with Crippen LogP contribution >= 0.6 is 0 Å². The van der Waals surface area contributed by atoms with E-state index in [-0.39, 0.29) is 0 Å². The molecular formula is C11H20N4. The lowest BCUT2D eigenvalue weighted by atomic mass is 10.1. The Morgan fingerprint density at radius 1 is 1.47 bits per heavy atom.